The van der Waals surface area contributed by atoms with Gasteiger partial charge in [0.1, 0.15) is 18.0 Å². The standard InChI is InChI=1S/C40H45N13O5/c1-2-53-48-36(47-49-53)34-32(54)33(55)39(58-34)52-24-43-31-35(42-22-29(25-9-5-3-6-10-25)26-11-7-4-8-12-26)45-40(46-37(31)52)51-16-15-28(23-51)44-38(56)27-13-14-30(41-21-27)50-17-19-57-20-18-50/h3-14,21,24,28-29,32-34,39,54-55H,2,15-20,22-23H2,1H3,(H,44,56)(H,42,45,46)/t28-,32+,33-,34+,39-/m1/s1. The van der Waals surface area contributed by atoms with Crippen molar-refractivity contribution < 1.29 is 24.5 Å². The van der Waals surface area contributed by atoms with Crippen LogP contribution in [0.4, 0.5) is 17.6 Å². The van der Waals surface area contributed by atoms with E-state index in [1.165, 1.54) is 11.1 Å². The highest BCUT2D eigenvalue weighted by Gasteiger charge is 2.47. The van der Waals surface area contributed by atoms with E-state index in [1.54, 1.807) is 16.8 Å². The minimum absolute atomic E-state index is 0.0123. The molecule has 18 nitrogen and oxygen atoms in total. The molecule has 1 amide bonds. The largest absolute Gasteiger partial charge is 0.387 e. The first kappa shape index (κ1) is 37.5. The number of benzene rings is 2. The van der Waals surface area contributed by atoms with Crippen molar-refractivity contribution in [2.45, 2.75) is 56.4 Å². The van der Waals surface area contributed by atoms with Gasteiger partial charge in [0, 0.05) is 50.9 Å². The number of nitrogens with one attached hydrogen (secondary N) is 2. The fraction of sp³-hybridized carbons (Fsp3) is 0.400. The van der Waals surface area contributed by atoms with Crippen molar-refractivity contribution >= 4 is 34.7 Å². The Morgan fingerprint density at radius 2 is 1.67 bits per heavy atom. The van der Waals surface area contributed by atoms with Crippen molar-refractivity contribution in [3.8, 4) is 0 Å². The molecule has 7 heterocycles. The molecular formula is C40H45N13O5. The van der Waals surface area contributed by atoms with Crippen LogP contribution in [0.5, 0.6) is 0 Å². The lowest BCUT2D eigenvalue weighted by molar-refractivity contribution is -0.0384. The van der Waals surface area contributed by atoms with Crippen LogP contribution in [0.25, 0.3) is 11.2 Å². The van der Waals surface area contributed by atoms with Crippen LogP contribution in [0, 0.1) is 0 Å². The molecule has 6 aromatic rings. The van der Waals surface area contributed by atoms with Gasteiger partial charge in [-0.15, -0.1) is 10.2 Å². The van der Waals surface area contributed by atoms with Crippen molar-refractivity contribution in [1.29, 1.82) is 0 Å². The molecule has 3 aliphatic heterocycles. The molecular weight excluding hydrogens is 743 g/mol. The summed E-state index contributed by atoms with van der Waals surface area (Å²) in [4.78, 5) is 38.2. The summed E-state index contributed by atoms with van der Waals surface area (Å²) < 4.78 is 13.3. The fourth-order valence-corrected chi connectivity index (χ4v) is 7.79. The smallest absolute Gasteiger partial charge is 0.253 e. The first-order valence-electron chi connectivity index (χ1n) is 19.7. The van der Waals surface area contributed by atoms with E-state index in [4.69, 9.17) is 24.4 Å². The third-order valence-electron chi connectivity index (χ3n) is 11.0. The van der Waals surface area contributed by atoms with Crippen LogP contribution in [0.1, 0.15) is 58.9 Å². The van der Waals surface area contributed by atoms with E-state index in [0.717, 1.165) is 30.0 Å². The number of hydrogen-bond donors (Lipinski definition) is 4. The Morgan fingerprint density at radius 3 is 2.36 bits per heavy atom. The molecule has 0 aliphatic carbocycles. The lowest BCUT2D eigenvalue weighted by Gasteiger charge is -2.27. The van der Waals surface area contributed by atoms with E-state index in [0.29, 0.717) is 74.3 Å². The molecule has 0 spiro atoms. The molecule has 4 N–H and O–H groups in total. The number of hydrogen-bond acceptors (Lipinski definition) is 15. The number of carbonyl (C=O) groups excluding carboxylic acids is 1. The molecule has 0 radical (unpaired) electrons. The number of aromatic nitrogens is 9. The monoisotopic (exact) mass is 787 g/mol. The normalized spacial score (nSPS) is 22.2. The van der Waals surface area contributed by atoms with Crippen LogP contribution in [0.3, 0.4) is 0 Å². The van der Waals surface area contributed by atoms with Gasteiger partial charge in [0.25, 0.3) is 5.91 Å². The van der Waals surface area contributed by atoms with Crippen molar-refractivity contribution in [2.75, 3.05) is 61.1 Å². The molecule has 3 fully saturated rings. The number of aliphatic hydroxyl groups is 2. The molecule has 0 unspecified atom stereocenters. The number of morpholine rings is 1. The van der Waals surface area contributed by atoms with E-state index in [-0.39, 0.29) is 23.7 Å². The number of ether oxygens (including phenoxy) is 2. The predicted octanol–water partition coefficient (Wildman–Crippen LogP) is 2.31. The Morgan fingerprint density at radius 1 is 0.914 bits per heavy atom. The maximum Gasteiger partial charge on any atom is 0.253 e. The lowest BCUT2D eigenvalue weighted by Crippen LogP contribution is -2.38. The van der Waals surface area contributed by atoms with E-state index in [2.05, 4.69) is 60.2 Å². The van der Waals surface area contributed by atoms with Gasteiger partial charge in [0.15, 0.2) is 29.3 Å². The number of anilines is 3. The van der Waals surface area contributed by atoms with E-state index < -0.39 is 24.5 Å². The van der Waals surface area contributed by atoms with Gasteiger partial charge in [-0.2, -0.15) is 14.8 Å². The molecule has 5 atom stereocenters. The molecule has 0 saturated carbocycles. The Hall–Kier alpha value is -6.08. The molecule has 3 aliphatic rings. The molecule has 58 heavy (non-hydrogen) atoms. The maximum absolute atomic E-state index is 13.4. The topological polar surface area (TPSA) is 207 Å². The number of tetrazole rings is 1. The zero-order chi connectivity index (χ0) is 39.6. The van der Waals surface area contributed by atoms with Crippen LogP contribution >= 0.6 is 0 Å². The predicted molar refractivity (Wildman–Crippen MR) is 212 cm³/mol. The second-order valence-corrected chi connectivity index (χ2v) is 14.6. The summed E-state index contributed by atoms with van der Waals surface area (Å²) in [6.07, 6.45) is -0.957. The Kier molecular flexibility index (Phi) is 10.6. The maximum atomic E-state index is 13.4. The summed E-state index contributed by atoms with van der Waals surface area (Å²) in [5.41, 5.74) is 3.61. The van der Waals surface area contributed by atoms with Crippen LogP contribution in [0.15, 0.2) is 85.3 Å². The number of aryl methyl sites for hydroxylation is 1. The molecule has 4 aromatic heterocycles. The molecule has 9 rings (SSSR count). The SMILES string of the molecule is CCn1nnc([C@H]2O[C@@H](n3cnc4c(NCC(c5ccccc5)c5ccccc5)nc(N5CC[C@@H](NC(=O)c6ccc(N7CCOCC7)nc6)C5)nc43)[C@H](O)[C@@H]2O)n1. The Balaban J connectivity index is 0.993. The first-order chi connectivity index (χ1) is 28.4. The van der Waals surface area contributed by atoms with Crippen LogP contribution in [0.2, 0.25) is 0 Å². The highest BCUT2D eigenvalue weighted by Crippen LogP contribution is 2.39. The van der Waals surface area contributed by atoms with E-state index in [1.807, 2.05) is 54.3 Å². The third kappa shape index (κ3) is 7.53. The second kappa shape index (κ2) is 16.4. The third-order valence-corrected chi connectivity index (χ3v) is 11.0. The van der Waals surface area contributed by atoms with E-state index in [9.17, 15) is 15.0 Å². The lowest BCUT2D eigenvalue weighted by atomic mass is 9.91. The number of fused-ring (bicyclic) bond motifs is 1. The van der Waals surface area contributed by atoms with Gasteiger partial charge in [0.2, 0.25) is 11.8 Å². The highest BCUT2D eigenvalue weighted by molar-refractivity contribution is 5.94. The Bertz CT molecular complexity index is 2280. The van der Waals surface area contributed by atoms with Crippen LogP contribution < -0.4 is 20.4 Å². The fourth-order valence-electron chi connectivity index (χ4n) is 7.79. The van der Waals surface area contributed by atoms with Crippen molar-refractivity contribution in [3.63, 3.8) is 0 Å². The van der Waals surface area contributed by atoms with Gasteiger partial charge >= 0.3 is 0 Å². The highest BCUT2D eigenvalue weighted by atomic mass is 16.6. The molecule has 3 saturated heterocycles. The average molecular weight is 788 g/mol. The zero-order valence-electron chi connectivity index (χ0n) is 31.9. The molecule has 300 valence electrons. The summed E-state index contributed by atoms with van der Waals surface area (Å²) in [6.45, 7) is 6.73. The van der Waals surface area contributed by atoms with Gasteiger partial charge in [-0.3, -0.25) is 9.36 Å². The van der Waals surface area contributed by atoms with Gasteiger partial charge in [-0.25, -0.2) is 9.97 Å². The first-order valence-corrected chi connectivity index (χ1v) is 19.7. The molecule has 2 aromatic carbocycles. The minimum atomic E-state index is -1.35. The van der Waals surface area contributed by atoms with Gasteiger partial charge < -0.3 is 40.1 Å². The van der Waals surface area contributed by atoms with Gasteiger partial charge in [-0.05, 0) is 41.8 Å². The number of imidazole rings is 1. The number of aliphatic hydroxyl groups excluding tert-OH is 2. The minimum Gasteiger partial charge on any atom is -0.387 e. The molecule has 18 heteroatoms. The zero-order valence-corrected chi connectivity index (χ0v) is 31.9. The van der Waals surface area contributed by atoms with Crippen molar-refractivity contribution in [1.82, 2.24) is 50.0 Å². The quantitative estimate of drug-likeness (QED) is 0.140. The summed E-state index contributed by atoms with van der Waals surface area (Å²) in [5.74, 6) is 1.68. The number of pyridine rings is 1. The van der Waals surface area contributed by atoms with Crippen molar-refractivity contribution in [3.05, 3.63) is 108 Å². The number of carbonyl (C=O) groups is 1. The second-order valence-electron chi connectivity index (χ2n) is 14.6. The number of rotatable bonds is 12. The number of amides is 1. The average Bonchev–Trinajstić information content (AvgIpc) is 4.09. The van der Waals surface area contributed by atoms with Gasteiger partial charge in [-0.1, -0.05) is 60.7 Å². The molecule has 0 bridgehead atoms. The van der Waals surface area contributed by atoms with Crippen molar-refractivity contribution in [2.24, 2.45) is 0 Å². The summed E-state index contributed by atoms with van der Waals surface area (Å²) in [7, 11) is 0. The van der Waals surface area contributed by atoms with Crippen LogP contribution in [-0.2, 0) is 16.0 Å². The summed E-state index contributed by atoms with van der Waals surface area (Å²) in [6, 6.07) is 24.0. The summed E-state index contributed by atoms with van der Waals surface area (Å²) in [5, 5.41) is 41.5. The van der Waals surface area contributed by atoms with Gasteiger partial charge in [0.05, 0.1) is 31.6 Å². The van der Waals surface area contributed by atoms with E-state index >= 15 is 0 Å². The number of nitrogens with zero attached hydrogens (tertiary/aromatic N) is 11. The van der Waals surface area contributed by atoms with Crippen LogP contribution in [-0.4, -0.2) is 125 Å². The Labute approximate surface area is 333 Å². The summed E-state index contributed by atoms with van der Waals surface area (Å²) >= 11 is 0.